The quantitative estimate of drug-likeness (QED) is 0.247. The van der Waals surface area contributed by atoms with E-state index in [4.69, 9.17) is 39.5 Å². The second-order valence-electron chi connectivity index (χ2n) is 7.25. The highest BCUT2D eigenvalue weighted by Gasteiger charge is 2.35. The summed E-state index contributed by atoms with van der Waals surface area (Å²) in [5.41, 5.74) is 2.42. The maximum Gasteiger partial charge on any atom is 0.293 e. The molecule has 34 heavy (non-hydrogen) atoms. The number of halogens is 5. The van der Waals surface area contributed by atoms with Crippen LogP contribution in [0.25, 0.3) is 6.08 Å². The van der Waals surface area contributed by atoms with Crippen LogP contribution in [-0.4, -0.2) is 16.0 Å². The summed E-state index contributed by atoms with van der Waals surface area (Å²) in [6.07, 6.45) is 1.68. The molecule has 3 aromatic carbocycles. The van der Waals surface area contributed by atoms with E-state index in [0.29, 0.717) is 46.8 Å². The van der Waals surface area contributed by atoms with Crippen LogP contribution in [0, 0.1) is 0 Å². The van der Waals surface area contributed by atoms with Crippen molar-refractivity contribution in [2.45, 2.75) is 13.2 Å². The topological polar surface area (TPSA) is 46.6 Å². The number of ether oxygens (including phenoxy) is 1. The van der Waals surface area contributed by atoms with Crippen LogP contribution < -0.4 is 4.74 Å². The lowest BCUT2D eigenvalue weighted by atomic mass is 10.2. The van der Waals surface area contributed by atoms with Crippen molar-refractivity contribution in [3.63, 3.8) is 0 Å². The average Bonchev–Trinajstić information content (AvgIpc) is 3.04. The SMILES string of the molecule is O=C1S/C(=C/c2cc(Br)c(OCc3ccc(Cl)cc3)c(Br)c2)C(=O)N1Cc1ccc(Cl)c(Cl)c1. The maximum absolute atomic E-state index is 12.9. The monoisotopic (exact) mass is 659 g/mol. The van der Waals surface area contributed by atoms with Gasteiger partial charge in [-0.3, -0.25) is 14.5 Å². The van der Waals surface area contributed by atoms with Crippen LogP contribution in [0.1, 0.15) is 16.7 Å². The summed E-state index contributed by atoms with van der Waals surface area (Å²) in [5, 5.41) is 1.10. The molecule has 4 rings (SSSR count). The van der Waals surface area contributed by atoms with Crippen LogP contribution in [0.15, 0.2) is 68.4 Å². The smallest absolute Gasteiger partial charge is 0.293 e. The average molecular weight is 663 g/mol. The van der Waals surface area contributed by atoms with E-state index in [1.54, 1.807) is 24.3 Å². The third kappa shape index (κ3) is 6.01. The third-order valence-corrected chi connectivity index (χ3v) is 7.89. The predicted molar refractivity (Wildman–Crippen MR) is 146 cm³/mol. The Bertz CT molecular complexity index is 1290. The molecule has 0 aromatic heterocycles. The van der Waals surface area contributed by atoms with Crippen molar-refractivity contribution in [2.75, 3.05) is 0 Å². The van der Waals surface area contributed by atoms with E-state index in [0.717, 1.165) is 22.9 Å². The van der Waals surface area contributed by atoms with Gasteiger partial charge in [0.05, 0.1) is 30.4 Å². The standard InChI is InChI=1S/C24H14Br2Cl3NO3S/c25-17-7-15(8-18(26)22(17)33-12-13-1-4-16(27)5-2-13)10-21-23(31)30(24(32)34-21)11-14-3-6-19(28)20(29)9-14/h1-10H,11-12H2/b21-10+. The number of carbonyl (C=O) groups is 2. The molecule has 0 atom stereocenters. The first-order chi connectivity index (χ1) is 16.2. The predicted octanol–water partition coefficient (Wildman–Crippen LogP) is 8.99. The summed E-state index contributed by atoms with van der Waals surface area (Å²) in [7, 11) is 0. The van der Waals surface area contributed by atoms with Gasteiger partial charge in [0, 0.05) is 5.02 Å². The summed E-state index contributed by atoms with van der Waals surface area (Å²) in [6, 6.07) is 16.1. The van der Waals surface area contributed by atoms with Crippen molar-refractivity contribution in [1.29, 1.82) is 0 Å². The molecule has 0 N–H and O–H groups in total. The Labute approximate surface area is 232 Å². The summed E-state index contributed by atoms with van der Waals surface area (Å²) in [6.45, 7) is 0.477. The minimum Gasteiger partial charge on any atom is -0.487 e. The van der Waals surface area contributed by atoms with E-state index in [1.165, 1.54) is 4.90 Å². The van der Waals surface area contributed by atoms with Crippen LogP contribution in [0.5, 0.6) is 5.75 Å². The van der Waals surface area contributed by atoms with E-state index >= 15 is 0 Å². The summed E-state index contributed by atoms with van der Waals surface area (Å²) in [4.78, 5) is 26.9. The summed E-state index contributed by atoms with van der Waals surface area (Å²) < 4.78 is 7.36. The van der Waals surface area contributed by atoms with E-state index in [2.05, 4.69) is 31.9 Å². The number of nitrogens with zero attached hydrogens (tertiary/aromatic N) is 1. The lowest BCUT2D eigenvalue weighted by Crippen LogP contribution is -2.27. The molecule has 1 aliphatic heterocycles. The largest absolute Gasteiger partial charge is 0.487 e. The van der Waals surface area contributed by atoms with Gasteiger partial charge in [0.1, 0.15) is 12.4 Å². The van der Waals surface area contributed by atoms with E-state index in [1.807, 2.05) is 36.4 Å². The van der Waals surface area contributed by atoms with Crippen molar-refractivity contribution in [3.8, 4) is 5.75 Å². The molecular formula is C24H14Br2Cl3NO3S. The number of carbonyl (C=O) groups excluding carboxylic acids is 2. The fourth-order valence-electron chi connectivity index (χ4n) is 3.15. The third-order valence-electron chi connectivity index (χ3n) is 4.81. The second kappa shape index (κ2) is 11.1. The molecule has 0 bridgehead atoms. The Morgan fingerprint density at radius 2 is 1.53 bits per heavy atom. The maximum atomic E-state index is 12.9. The number of hydrogen-bond acceptors (Lipinski definition) is 4. The highest BCUT2D eigenvalue weighted by atomic mass is 79.9. The van der Waals surface area contributed by atoms with Crippen molar-refractivity contribution >= 4 is 95.6 Å². The molecule has 1 fully saturated rings. The Balaban J connectivity index is 1.49. The molecule has 2 amide bonds. The molecular weight excluding hydrogens is 649 g/mol. The molecule has 1 heterocycles. The molecule has 0 unspecified atom stereocenters. The van der Waals surface area contributed by atoms with Gasteiger partial charge in [-0.1, -0.05) is 53.0 Å². The number of hydrogen-bond donors (Lipinski definition) is 0. The van der Waals surface area contributed by atoms with Crippen molar-refractivity contribution < 1.29 is 14.3 Å². The fourth-order valence-corrected chi connectivity index (χ4v) is 5.88. The van der Waals surface area contributed by atoms with E-state index in [9.17, 15) is 9.59 Å². The fraction of sp³-hybridized carbons (Fsp3) is 0.0833. The number of rotatable bonds is 6. The number of amides is 2. The molecule has 0 aliphatic carbocycles. The van der Waals surface area contributed by atoms with Gasteiger partial charge in [-0.2, -0.15) is 0 Å². The van der Waals surface area contributed by atoms with Gasteiger partial charge in [-0.15, -0.1) is 0 Å². The van der Waals surface area contributed by atoms with Gasteiger partial charge in [-0.25, -0.2) is 0 Å². The lowest BCUT2D eigenvalue weighted by Gasteiger charge is -2.13. The summed E-state index contributed by atoms with van der Waals surface area (Å²) >= 11 is 25.9. The van der Waals surface area contributed by atoms with Crippen LogP contribution in [0.3, 0.4) is 0 Å². The molecule has 4 nitrogen and oxygen atoms in total. The highest BCUT2D eigenvalue weighted by molar-refractivity contribution is 9.11. The van der Waals surface area contributed by atoms with Gasteiger partial charge in [0.15, 0.2) is 0 Å². The highest BCUT2D eigenvalue weighted by Crippen LogP contribution is 2.38. The normalized spacial score (nSPS) is 14.9. The first kappa shape index (κ1) is 25.6. The number of imide groups is 1. The van der Waals surface area contributed by atoms with Gasteiger partial charge in [0.2, 0.25) is 0 Å². The first-order valence-electron chi connectivity index (χ1n) is 9.77. The molecule has 3 aromatic rings. The van der Waals surface area contributed by atoms with Crippen LogP contribution in [0.4, 0.5) is 4.79 Å². The van der Waals surface area contributed by atoms with Crippen LogP contribution in [-0.2, 0) is 17.9 Å². The van der Waals surface area contributed by atoms with Gasteiger partial charge < -0.3 is 4.74 Å². The van der Waals surface area contributed by atoms with Crippen LogP contribution in [0.2, 0.25) is 15.1 Å². The zero-order chi connectivity index (χ0) is 24.4. The van der Waals surface area contributed by atoms with E-state index in [-0.39, 0.29) is 17.7 Å². The van der Waals surface area contributed by atoms with Gasteiger partial charge in [0.25, 0.3) is 11.1 Å². The Kier molecular flexibility index (Phi) is 8.33. The van der Waals surface area contributed by atoms with Gasteiger partial charge >= 0.3 is 0 Å². The van der Waals surface area contributed by atoms with Gasteiger partial charge in [-0.05, 0) is 103 Å². The zero-order valence-corrected chi connectivity index (χ0v) is 23.4. The van der Waals surface area contributed by atoms with Crippen molar-refractivity contribution in [1.82, 2.24) is 4.90 Å². The number of benzene rings is 3. The molecule has 0 spiro atoms. The molecule has 1 saturated heterocycles. The second-order valence-corrected chi connectivity index (χ2v) is 11.2. The number of thioether (sulfide) groups is 1. The Hall–Kier alpha value is -1.48. The minimum absolute atomic E-state index is 0.115. The lowest BCUT2D eigenvalue weighted by molar-refractivity contribution is -0.123. The van der Waals surface area contributed by atoms with Crippen molar-refractivity contribution in [2.24, 2.45) is 0 Å². The van der Waals surface area contributed by atoms with E-state index < -0.39 is 0 Å². The Morgan fingerprint density at radius 1 is 0.882 bits per heavy atom. The Morgan fingerprint density at radius 3 is 2.18 bits per heavy atom. The molecule has 174 valence electrons. The molecule has 0 saturated carbocycles. The first-order valence-corrected chi connectivity index (χ1v) is 13.3. The summed E-state index contributed by atoms with van der Waals surface area (Å²) in [5.74, 6) is 0.260. The van der Waals surface area contributed by atoms with Crippen molar-refractivity contribution in [3.05, 3.63) is 100 Å². The minimum atomic E-state index is -0.364. The molecule has 10 heteroatoms. The molecule has 1 aliphatic rings. The zero-order valence-electron chi connectivity index (χ0n) is 17.2. The van der Waals surface area contributed by atoms with Crippen LogP contribution >= 0.6 is 78.4 Å². The molecule has 0 radical (unpaired) electrons.